The minimum atomic E-state index is -3.73. The first kappa shape index (κ1) is 17.5. The van der Waals surface area contributed by atoms with E-state index in [1.54, 1.807) is 30.1 Å². The van der Waals surface area contributed by atoms with Crippen LogP contribution in [0.3, 0.4) is 0 Å². The van der Waals surface area contributed by atoms with Crippen molar-refractivity contribution in [3.8, 4) is 0 Å². The third-order valence-corrected chi connectivity index (χ3v) is 7.02. The van der Waals surface area contributed by atoms with Crippen LogP contribution in [0.2, 0.25) is 0 Å². The van der Waals surface area contributed by atoms with Gasteiger partial charge in [-0.15, -0.1) is 0 Å². The molecule has 6 heteroatoms. The van der Waals surface area contributed by atoms with Gasteiger partial charge in [0.15, 0.2) is 0 Å². The van der Waals surface area contributed by atoms with Crippen molar-refractivity contribution < 1.29 is 13.2 Å². The molecule has 1 aliphatic heterocycles. The van der Waals surface area contributed by atoms with E-state index in [0.29, 0.717) is 11.1 Å². The average molecular weight is 380 g/mol. The number of carbonyl (C=O) groups excluding carboxylic acids is 1. The summed E-state index contributed by atoms with van der Waals surface area (Å²) in [4.78, 5) is 14.7. The molecule has 1 heterocycles. The molecule has 3 aromatic rings. The summed E-state index contributed by atoms with van der Waals surface area (Å²) in [5, 5.41) is 1.54. The molecule has 27 heavy (non-hydrogen) atoms. The SMILES string of the molecule is C[C@H](c1ccccc1)N(C)C(=O)CN1c2cccc3cccc(c23)S1(=O)=O. The van der Waals surface area contributed by atoms with Crippen molar-refractivity contribution in [1.82, 2.24) is 4.90 Å². The van der Waals surface area contributed by atoms with Crippen LogP contribution in [0, 0.1) is 0 Å². The van der Waals surface area contributed by atoms with Gasteiger partial charge in [0.25, 0.3) is 10.0 Å². The van der Waals surface area contributed by atoms with Crippen molar-refractivity contribution in [1.29, 1.82) is 0 Å². The molecule has 3 aromatic carbocycles. The van der Waals surface area contributed by atoms with Crippen LogP contribution in [-0.4, -0.2) is 32.8 Å². The Hall–Kier alpha value is -2.86. The van der Waals surface area contributed by atoms with Gasteiger partial charge in [-0.3, -0.25) is 9.10 Å². The minimum Gasteiger partial charge on any atom is -0.337 e. The molecule has 0 unspecified atom stereocenters. The van der Waals surface area contributed by atoms with E-state index in [4.69, 9.17) is 0 Å². The van der Waals surface area contributed by atoms with Gasteiger partial charge in [-0.2, -0.15) is 0 Å². The van der Waals surface area contributed by atoms with Gasteiger partial charge in [0.1, 0.15) is 6.54 Å². The maximum Gasteiger partial charge on any atom is 0.265 e. The second-order valence-electron chi connectivity index (χ2n) is 6.73. The highest BCUT2D eigenvalue weighted by Crippen LogP contribution is 2.41. The fourth-order valence-corrected chi connectivity index (χ4v) is 5.19. The first-order valence-corrected chi connectivity index (χ1v) is 10.2. The number of benzene rings is 3. The first-order valence-electron chi connectivity index (χ1n) is 8.76. The number of nitrogens with zero attached hydrogens (tertiary/aromatic N) is 2. The first-order chi connectivity index (χ1) is 12.9. The highest BCUT2D eigenvalue weighted by molar-refractivity contribution is 7.93. The van der Waals surface area contributed by atoms with Gasteiger partial charge in [-0.05, 0) is 30.0 Å². The number of likely N-dealkylation sites (N-methyl/N-ethyl adjacent to an activating group) is 1. The molecule has 0 saturated carbocycles. The third-order valence-electron chi connectivity index (χ3n) is 5.22. The molecule has 0 bridgehead atoms. The van der Waals surface area contributed by atoms with E-state index in [0.717, 1.165) is 10.9 Å². The molecule has 0 saturated heterocycles. The van der Waals surface area contributed by atoms with Gasteiger partial charge >= 0.3 is 0 Å². The zero-order chi connectivity index (χ0) is 19.2. The van der Waals surface area contributed by atoms with Crippen LogP contribution in [0.5, 0.6) is 0 Å². The van der Waals surface area contributed by atoms with Crippen molar-refractivity contribution >= 4 is 32.4 Å². The van der Waals surface area contributed by atoms with Crippen LogP contribution < -0.4 is 4.31 Å². The van der Waals surface area contributed by atoms with Gasteiger partial charge in [0.05, 0.1) is 16.6 Å². The Morgan fingerprint density at radius 2 is 1.67 bits per heavy atom. The van der Waals surface area contributed by atoms with Gasteiger partial charge in [0, 0.05) is 12.4 Å². The molecule has 0 fully saturated rings. The summed E-state index contributed by atoms with van der Waals surface area (Å²) in [5.41, 5.74) is 1.57. The second-order valence-corrected chi connectivity index (χ2v) is 8.57. The standard InChI is InChI=1S/C21H20N2O3S/c1-15(16-8-4-3-5-9-16)22(2)20(24)14-23-18-12-6-10-17-11-7-13-19(21(17)18)27(23,25)26/h3-13,15H,14H2,1-2H3/t15-/m1/s1. The molecule has 0 radical (unpaired) electrons. The Balaban J connectivity index is 1.65. The summed E-state index contributed by atoms with van der Waals surface area (Å²) in [5.74, 6) is -0.250. The van der Waals surface area contributed by atoms with Crippen molar-refractivity contribution in [3.05, 3.63) is 72.3 Å². The van der Waals surface area contributed by atoms with E-state index in [1.165, 1.54) is 4.31 Å². The second kappa shape index (κ2) is 6.39. The highest BCUT2D eigenvalue weighted by atomic mass is 32.2. The fourth-order valence-electron chi connectivity index (χ4n) is 3.53. The number of amides is 1. The van der Waals surface area contributed by atoms with Crippen molar-refractivity contribution in [2.24, 2.45) is 0 Å². The summed E-state index contributed by atoms with van der Waals surface area (Å²) in [7, 11) is -2.03. The Morgan fingerprint density at radius 1 is 1.00 bits per heavy atom. The Morgan fingerprint density at radius 3 is 2.37 bits per heavy atom. The zero-order valence-corrected chi connectivity index (χ0v) is 16.0. The molecular weight excluding hydrogens is 360 g/mol. The van der Waals surface area contributed by atoms with Gasteiger partial charge in [-0.25, -0.2) is 8.42 Å². The van der Waals surface area contributed by atoms with Crippen LogP contribution in [0.15, 0.2) is 71.6 Å². The maximum absolute atomic E-state index is 13.0. The number of sulfonamides is 1. The van der Waals surface area contributed by atoms with Crippen molar-refractivity contribution in [3.63, 3.8) is 0 Å². The molecule has 1 aliphatic rings. The summed E-state index contributed by atoms with van der Waals surface area (Å²) in [6.07, 6.45) is 0. The highest BCUT2D eigenvalue weighted by Gasteiger charge is 2.37. The third kappa shape index (κ3) is 2.77. The van der Waals surface area contributed by atoms with Gasteiger partial charge < -0.3 is 4.90 Å². The fraction of sp³-hybridized carbons (Fsp3) is 0.190. The monoisotopic (exact) mass is 380 g/mol. The lowest BCUT2D eigenvalue weighted by molar-refractivity contribution is -0.130. The maximum atomic E-state index is 13.0. The summed E-state index contributed by atoms with van der Waals surface area (Å²) < 4.78 is 27.3. The molecule has 0 spiro atoms. The Bertz CT molecular complexity index is 1120. The summed E-state index contributed by atoms with van der Waals surface area (Å²) in [6, 6.07) is 20.2. The van der Waals surface area contributed by atoms with Gasteiger partial charge in [0.2, 0.25) is 5.91 Å². The Labute approximate surface area is 158 Å². The topological polar surface area (TPSA) is 57.7 Å². The number of rotatable bonds is 4. The summed E-state index contributed by atoms with van der Waals surface area (Å²) in [6.45, 7) is 1.71. The molecule has 1 amide bonds. The normalized spacial score (nSPS) is 15.7. The lowest BCUT2D eigenvalue weighted by Crippen LogP contribution is -2.40. The minimum absolute atomic E-state index is 0.151. The van der Waals surface area contributed by atoms with E-state index in [-0.39, 0.29) is 23.4 Å². The van der Waals surface area contributed by atoms with E-state index in [1.807, 2.05) is 55.5 Å². The molecule has 0 N–H and O–H groups in total. The number of hydrogen-bond acceptors (Lipinski definition) is 3. The molecule has 5 nitrogen and oxygen atoms in total. The number of carbonyl (C=O) groups is 1. The van der Waals surface area contributed by atoms with Gasteiger partial charge in [-0.1, -0.05) is 54.6 Å². The molecule has 1 atom stereocenters. The smallest absolute Gasteiger partial charge is 0.265 e. The van der Waals surface area contributed by atoms with Crippen LogP contribution >= 0.6 is 0 Å². The quantitative estimate of drug-likeness (QED) is 0.695. The van der Waals surface area contributed by atoms with Crippen molar-refractivity contribution in [2.75, 3.05) is 17.9 Å². The molecule has 4 rings (SSSR count). The molecule has 138 valence electrons. The molecular formula is C21H20N2O3S. The molecule has 0 aliphatic carbocycles. The molecule has 0 aromatic heterocycles. The zero-order valence-electron chi connectivity index (χ0n) is 15.2. The van der Waals surface area contributed by atoms with E-state index >= 15 is 0 Å². The van der Waals surface area contributed by atoms with Crippen LogP contribution in [0.25, 0.3) is 10.8 Å². The lowest BCUT2D eigenvalue weighted by Gasteiger charge is -2.28. The lowest BCUT2D eigenvalue weighted by atomic mass is 10.1. The predicted molar refractivity (Wildman–Crippen MR) is 106 cm³/mol. The largest absolute Gasteiger partial charge is 0.337 e. The number of hydrogen-bond donors (Lipinski definition) is 0. The Kier molecular flexibility index (Phi) is 4.15. The predicted octanol–water partition coefficient (Wildman–Crippen LogP) is 3.57. The van der Waals surface area contributed by atoms with Crippen molar-refractivity contribution in [2.45, 2.75) is 17.9 Å². The van der Waals surface area contributed by atoms with Crippen LogP contribution in [0.4, 0.5) is 5.69 Å². The van der Waals surface area contributed by atoms with E-state index in [9.17, 15) is 13.2 Å². The van der Waals surface area contributed by atoms with E-state index < -0.39 is 10.0 Å². The average Bonchev–Trinajstić information content (AvgIpc) is 2.91. The van der Waals surface area contributed by atoms with Crippen LogP contribution in [0.1, 0.15) is 18.5 Å². The van der Waals surface area contributed by atoms with E-state index in [2.05, 4.69) is 0 Å². The number of anilines is 1. The summed E-state index contributed by atoms with van der Waals surface area (Å²) >= 11 is 0. The van der Waals surface area contributed by atoms with Crippen LogP contribution in [-0.2, 0) is 14.8 Å².